The maximum absolute atomic E-state index is 13.0. The highest BCUT2D eigenvalue weighted by molar-refractivity contribution is 9.10. The lowest BCUT2D eigenvalue weighted by atomic mass is 10.2. The third kappa shape index (κ3) is 4.90. The zero-order chi connectivity index (χ0) is 18.8. The van der Waals surface area contributed by atoms with Gasteiger partial charge in [0.2, 0.25) is 5.91 Å². The van der Waals surface area contributed by atoms with E-state index in [0.29, 0.717) is 5.69 Å². The van der Waals surface area contributed by atoms with Gasteiger partial charge in [0.15, 0.2) is 5.69 Å². The van der Waals surface area contributed by atoms with Gasteiger partial charge in [0.05, 0.1) is 16.8 Å². The van der Waals surface area contributed by atoms with Crippen LogP contribution < -0.4 is 5.32 Å². The van der Waals surface area contributed by atoms with Crippen molar-refractivity contribution in [1.82, 2.24) is 15.1 Å². The Hall–Kier alpha value is -1.23. The average Bonchev–Trinajstić information content (AvgIpc) is 3.28. The van der Waals surface area contributed by atoms with Gasteiger partial charge < -0.3 is 10.1 Å². The predicted molar refractivity (Wildman–Crippen MR) is 89.3 cm³/mol. The van der Waals surface area contributed by atoms with Crippen LogP contribution in [-0.2, 0) is 27.0 Å². The summed E-state index contributed by atoms with van der Waals surface area (Å²) in [6.07, 6.45) is -3.14. The number of hydrogen-bond donors (Lipinski definition) is 2. The first kappa shape index (κ1) is 20.1. The van der Waals surface area contributed by atoms with Crippen LogP contribution in [-0.4, -0.2) is 40.1 Å². The molecular formula is C14H17BrF3N3O3S. The van der Waals surface area contributed by atoms with E-state index in [-0.39, 0.29) is 22.8 Å². The summed E-state index contributed by atoms with van der Waals surface area (Å²) in [5, 5.41) is 5.95. The minimum absolute atomic E-state index is 0.0106. The number of ether oxygens (including phenoxy) is 1. The highest BCUT2D eigenvalue weighted by Crippen LogP contribution is 2.46. The molecule has 1 N–H and O–H groups in total. The van der Waals surface area contributed by atoms with Gasteiger partial charge in [0.1, 0.15) is 12.6 Å². The molecule has 0 aromatic carbocycles. The molecule has 1 aliphatic carbocycles. The molecule has 0 bridgehead atoms. The maximum atomic E-state index is 13.0. The molecule has 0 saturated heterocycles. The van der Waals surface area contributed by atoms with Crippen molar-refractivity contribution in [2.45, 2.75) is 44.4 Å². The summed E-state index contributed by atoms with van der Waals surface area (Å²) in [6.45, 7) is 1.34. The highest BCUT2D eigenvalue weighted by atomic mass is 79.9. The number of hydrogen-bond acceptors (Lipinski definition) is 5. The molecule has 1 heterocycles. The van der Waals surface area contributed by atoms with Crippen molar-refractivity contribution in [3.05, 3.63) is 15.9 Å². The third-order valence-electron chi connectivity index (χ3n) is 3.55. The van der Waals surface area contributed by atoms with Gasteiger partial charge in [-0.2, -0.15) is 30.9 Å². The molecule has 1 fully saturated rings. The number of halogens is 4. The SMILES string of the molecule is CCOC(=O)[C@H](CS)NC(=O)Cn1nc(C(F)(F)F)c(Br)c1C1CC1. The molecule has 1 atom stereocenters. The Kier molecular flexibility index (Phi) is 6.41. The second kappa shape index (κ2) is 7.98. The molecule has 0 spiro atoms. The largest absolute Gasteiger partial charge is 0.464 e. The minimum Gasteiger partial charge on any atom is -0.464 e. The Morgan fingerprint density at radius 2 is 2.12 bits per heavy atom. The van der Waals surface area contributed by atoms with E-state index in [1.54, 1.807) is 6.92 Å². The van der Waals surface area contributed by atoms with Crippen LogP contribution in [0.25, 0.3) is 0 Å². The van der Waals surface area contributed by atoms with E-state index in [1.165, 1.54) is 0 Å². The number of rotatable bonds is 7. The monoisotopic (exact) mass is 443 g/mol. The molecule has 140 valence electrons. The normalized spacial score (nSPS) is 15.8. The smallest absolute Gasteiger partial charge is 0.436 e. The van der Waals surface area contributed by atoms with E-state index in [2.05, 4.69) is 39.0 Å². The number of esters is 1. The van der Waals surface area contributed by atoms with Crippen LogP contribution in [0.4, 0.5) is 13.2 Å². The van der Waals surface area contributed by atoms with Gasteiger partial charge >= 0.3 is 12.1 Å². The van der Waals surface area contributed by atoms with Crippen LogP contribution >= 0.6 is 28.6 Å². The third-order valence-corrected chi connectivity index (χ3v) is 4.69. The van der Waals surface area contributed by atoms with Crippen molar-refractivity contribution in [1.29, 1.82) is 0 Å². The van der Waals surface area contributed by atoms with E-state index in [9.17, 15) is 22.8 Å². The molecule has 0 aliphatic heterocycles. The van der Waals surface area contributed by atoms with Crippen LogP contribution in [0.1, 0.15) is 37.1 Å². The molecule has 2 rings (SSSR count). The van der Waals surface area contributed by atoms with E-state index in [4.69, 9.17) is 4.74 Å². The molecule has 25 heavy (non-hydrogen) atoms. The summed E-state index contributed by atoms with van der Waals surface area (Å²) in [5.74, 6) is -1.34. The number of aromatic nitrogens is 2. The van der Waals surface area contributed by atoms with Crippen LogP contribution in [0, 0.1) is 0 Å². The number of carbonyl (C=O) groups excluding carboxylic acids is 2. The van der Waals surface area contributed by atoms with Crippen LogP contribution in [0.15, 0.2) is 4.47 Å². The summed E-state index contributed by atoms with van der Waals surface area (Å²) in [7, 11) is 0. The Morgan fingerprint density at radius 3 is 2.60 bits per heavy atom. The summed E-state index contributed by atoms with van der Waals surface area (Å²) in [6, 6.07) is -0.971. The van der Waals surface area contributed by atoms with Crippen molar-refractivity contribution in [3.63, 3.8) is 0 Å². The molecule has 0 unspecified atom stereocenters. The van der Waals surface area contributed by atoms with Crippen LogP contribution in [0.5, 0.6) is 0 Å². The quantitative estimate of drug-likeness (QED) is 0.501. The summed E-state index contributed by atoms with van der Waals surface area (Å²) < 4.78 is 44.8. The first-order valence-corrected chi connectivity index (χ1v) is 9.01. The van der Waals surface area contributed by atoms with E-state index < -0.39 is 36.3 Å². The van der Waals surface area contributed by atoms with Crippen molar-refractivity contribution < 1.29 is 27.5 Å². The molecule has 1 aliphatic rings. The number of amides is 1. The van der Waals surface area contributed by atoms with E-state index >= 15 is 0 Å². The highest BCUT2D eigenvalue weighted by Gasteiger charge is 2.42. The zero-order valence-corrected chi connectivity index (χ0v) is 15.7. The van der Waals surface area contributed by atoms with Crippen molar-refractivity contribution in [2.24, 2.45) is 0 Å². The number of nitrogens with one attached hydrogen (secondary N) is 1. The summed E-state index contributed by atoms with van der Waals surface area (Å²) >= 11 is 6.93. The fourth-order valence-corrected chi connectivity index (χ4v) is 3.37. The molecule has 1 aromatic heterocycles. The summed E-state index contributed by atoms with van der Waals surface area (Å²) in [4.78, 5) is 23.8. The second-order valence-electron chi connectivity index (χ2n) is 5.53. The van der Waals surface area contributed by atoms with Gasteiger partial charge in [-0.25, -0.2) is 4.79 Å². The van der Waals surface area contributed by atoms with Gasteiger partial charge in [-0.1, -0.05) is 0 Å². The maximum Gasteiger partial charge on any atom is 0.436 e. The Morgan fingerprint density at radius 1 is 1.48 bits per heavy atom. The Bertz CT molecular complexity index is 662. The number of thiol groups is 1. The molecule has 0 radical (unpaired) electrons. The topological polar surface area (TPSA) is 73.2 Å². The van der Waals surface area contributed by atoms with Crippen molar-refractivity contribution in [2.75, 3.05) is 12.4 Å². The first-order chi connectivity index (χ1) is 11.7. The predicted octanol–water partition coefficient (Wildman–Crippen LogP) is 2.52. The molecule has 6 nitrogen and oxygen atoms in total. The number of carbonyl (C=O) groups is 2. The molecule has 1 aromatic rings. The first-order valence-electron chi connectivity index (χ1n) is 7.59. The standard InChI is InChI=1S/C14H17BrF3N3O3S/c1-2-24-13(23)8(6-25)19-9(22)5-21-11(7-3-4-7)10(15)12(20-21)14(16,17)18/h7-8,25H,2-6H2,1H3,(H,19,22)/t8-/m0/s1. The lowest BCUT2D eigenvalue weighted by Gasteiger charge is -2.15. The van der Waals surface area contributed by atoms with E-state index in [0.717, 1.165) is 17.5 Å². The van der Waals surface area contributed by atoms with Gasteiger partial charge in [-0.05, 0) is 35.7 Å². The fraction of sp³-hybridized carbons (Fsp3) is 0.643. The summed E-state index contributed by atoms with van der Waals surface area (Å²) in [5.41, 5.74) is -0.709. The van der Waals surface area contributed by atoms with Crippen molar-refractivity contribution >= 4 is 40.4 Å². The lowest BCUT2D eigenvalue weighted by Crippen LogP contribution is -2.44. The lowest BCUT2D eigenvalue weighted by molar-refractivity contribution is -0.146. The van der Waals surface area contributed by atoms with E-state index in [1.807, 2.05) is 0 Å². The minimum atomic E-state index is -4.62. The molecular weight excluding hydrogens is 427 g/mol. The van der Waals surface area contributed by atoms with Gasteiger partial charge in [-0.3, -0.25) is 9.48 Å². The second-order valence-corrected chi connectivity index (χ2v) is 6.69. The number of nitrogens with zero attached hydrogens (tertiary/aromatic N) is 2. The molecule has 1 amide bonds. The Balaban J connectivity index is 2.16. The zero-order valence-electron chi connectivity index (χ0n) is 13.3. The van der Waals surface area contributed by atoms with Gasteiger partial charge in [0.25, 0.3) is 0 Å². The number of alkyl halides is 3. The van der Waals surface area contributed by atoms with Crippen LogP contribution in [0.3, 0.4) is 0 Å². The average molecular weight is 444 g/mol. The van der Waals surface area contributed by atoms with Gasteiger partial charge in [-0.15, -0.1) is 0 Å². The fourth-order valence-electron chi connectivity index (χ4n) is 2.30. The van der Waals surface area contributed by atoms with Crippen molar-refractivity contribution in [3.8, 4) is 0 Å². The molecule has 11 heteroatoms. The van der Waals surface area contributed by atoms with Gasteiger partial charge in [0, 0.05) is 11.7 Å². The molecule has 1 saturated carbocycles. The Labute approximate surface area is 156 Å². The van der Waals surface area contributed by atoms with Crippen LogP contribution in [0.2, 0.25) is 0 Å².